The summed E-state index contributed by atoms with van der Waals surface area (Å²) in [6, 6.07) is 15.7. The van der Waals surface area contributed by atoms with Gasteiger partial charge < -0.3 is 9.84 Å². The molecule has 0 aromatic heterocycles. The number of benzene rings is 2. The Balaban J connectivity index is 1.34. The SMILES string of the molecule is O=C(CN[C@@H](CC1CCCC1)C(=O)O)OCC1c2ccccc2-c2ccccc21. The van der Waals surface area contributed by atoms with Crippen molar-refractivity contribution in [2.24, 2.45) is 5.92 Å². The molecule has 0 radical (unpaired) electrons. The molecule has 1 fully saturated rings. The number of carbonyl (C=O) groups is 2. The van der Waals surface area contributed by atoms with Crippen LogP contribution in [0.2, 0.25) is 0 Å². The van der Waals surface area contributed by atoms with E-state index in [0.717, 1.165) is 12.8 Å². The minimum atomic E-state index is -0.900. The van der Waals surface area contributed by atoms with E-state index in [1.54, 1.807) is 0 Å². The maximum Gasteiger partial charge on any atom is 0.320 e. The molecule has 0 aliphatic heterocycles. The van der Waals surface area contributed by atoms with Gasteiger partial charge >= 0.3 is 11.9 Å². The molecule has 2 N–H and O–H groups in total. The second-order valence-corrected chi connectivity index (χ2v) is 8.07. The lowest BCUT2D eigenvalue weighted by Gasteiger charge is -2.18. The Hall–Kier alpha value is -2.66. The zero-order valence-electron chi connectivity index (χ0n) is 16.5. The van der Waals surface area contributed by atoms with Gasteiger partial charge in [0.2, 0.25) is 0 Å². The zero-order valence-corrected chi connectivity index (χ0v) is 16.5. The number of carbonyl (C=O) groups excluding carboxylic acids is 1. The van der Waals surface area contributed by atoms with Crippen molar-refractivity contribution < 1.29 is 19.4 Å². The molecule has 0 bridgehead atoms. The monoisotopic (exact) mass is 393 g/mol. The van der Waals surface area contributed by atoms with Gasteiger partial charge in [-0.2, -0.15) is 0 Å². The summed E-state index contributed by atoms with van der Waals surface area (Å²) in [6.07, 6.45) is 5.07. The van der Waals surface area contributed by atoms with E-state index in [1.165, 1.54) is 35.1 Å². The van der Waals surface area contributed by atoms with Crippen LogP contribution in [0.4, 0.5) is 0 Å². The average molecular weight is 393 g/mol. The van der Waals surface area contributed by atoms with Gasteiger partial charge in [-0.05, 0) is 34.6 Å². The van der Waals surface area contributed by atoms with Crippen molar-refractivity contribution in [2.75, 3.05) is 13.2 Å². The number of aliphatic carboxylic acids is 1. The molecule has 5 nitrogen and oxygen atoms in total. The standard InChI is InChI=1S/C24H27NO4/c26-23(14-25-22(24(27)28)13-16-7-1-2-8-16)29-15-21-19-11-5-3-9-17(19)18-10-4-6-12-20(18)21/h3-6,9-12,16,21-22,25H,1-2,7-8,13-15H2,(H,27,28)/t22-/m0/s1. The fourth-order valence-electron chi connectivity index (χ4n) is 4.72. The van der Waals surface area contributed by atoms with Crippen LogP contribution in [0.25, 0.3) is 11.1 Å². The van der Waals surface area contributed by atoms with E-state index < -0.39 is 18.0 Å². The lowest BCUT2D eigenvalue weighted by atomic mass is 9.98. The molecule has 2 aliphatic rings. The van der Waals surface area contributed by atoms with Gasteiger partial charge in [0.15, 0.2) is 0 Å². The molecule has 4 rings (SSSR count). The second kappa shape index (κ2) is 8.78. The van der Waals surface area contributed by atoms with Gasteiger partial charge in [-0.3, -0.25) is 14.9 Å². The maximum atomic E-state index is 12.3. The molecule has 0 spiro atoms. The van der Waals surface area contributed by atoms with E-state index in [0.29, 0.717) is 12.3 Å². The van der Waals surface area contributed by atoms with Crippen LogP contribution in [-0.2, 0) is 14.3 Å². The number of carboxylic acids is 1. The van der Waals surface area contributed by atoms with Crippen LogP contribution >= 0.6 is 0 Å². The minimum absolute atomic E-state index is 0.0140. The first-order valence-electron chi connectivity index (χ1n) is 10.4. The first-order chi connectivity index (χ1) is 14.1. The largest absolute Gasteiger partial charge is 0.480 e. The van der Waals surface area contributed by atoms with Crippen LogP contribution < -0.4 is 5.32 Å². The molecule has 2 aromatic carbocycles. The molecule has 152 valence electrons. The maximum absolute atomic E-state index is 12.3. The summed E-state index contributed by atoms with van der Waals surface area (Å²) in [4.78, 5) is 23.8. The molecular weight excluding hydrogens is 366 g/mol. The van der Waals surface area contributed by atoms with E-state index in [-0.39, 0.29) is 19.1 Å². The summed E-state index contributed by atoms with van der Waals surface area (Å²) in [6.45, 7) is 0.175. The third-order valence-electron chi connectivity index (χ3n) is 6.21. The highest BCUT2D eigenvalue weighted by atomic mass is 16.5. The van der Waals surface area contributed by atoms with E-state index in [4.69, 9.17) is 4.74 Å². The van der Waals surface area contributed by atoms with Crippen molar-refractivity contribution in [3.05, 3.63) is 59.7 Å². The first-order valence-corrected chi connectivity index (χ1v) is 10.4. The van der Waals surface area contributed by atoms with Gasteiger partial charge in [0, 0.05) is 5.92 Å². The molecule has 5 heteroatoms. The van der Waals surface area contributed by atoms with Crippen LogP contribution in [-0.4, -0.2) is 36.2 Å². The molecule has 2 aromatic rings. The van der Waals surface area contributed by atoms with E-state index >= 15 is 0 Å². The molecule has 0 heterocycles. The number of carboxylic acid groups (broad SMARTS) is 1. The van der Waals surface area contributed by atoms with Gasteiger partial charge in [0.25, 0.3) is 0 Å². The lowest BCUT2D eigenvalue weighted by molar-refractivity contribution is -0.144. The summed E-state index contributed by atoms with van der Waals surface area (Å²) >= 11 is 0. The predicted octanol–water partition coefficient (Wildman–Crippen LogP) is 3.97. The summed E-state index contributed by atoms with van der Waals surface area (Å²) in [5.74, 6) is -0.862. The highest BCUT2D eigenvalue weighted by Crippen LogP contribution is 2.44. The summed E-state index contributed by atoms with van der Waals surface area (Å²) < 4.78 is 5.55. The van der Waals surface area contributed by atoms with Crippen molar-refractivity contribution in [3.63, 3.8) is 0 Å². The fourth-order valence-corrected chi connectivity index (χ4v) is 4.72. The van der Waals surface area contributed by atoms with E-state index in [9.17, 15) is 14.7 Å². The number of ether oxygens (including phenoxy) is 1. The summed E-state index contributed by atoms with van der Waals surface area (Å²) in [7, 11) is 0. The molecule has 0 saturated heterocycles. The van der Waals surface area contributed by atoms with Gasteiger partial charge in [0.05, 0.1) is 6.54 Å². The van der Waals surface area contributed by atoms with Crippen LogP contribution in [0.1, 0.15) is 49.1 Å². The fraction of sp³-hybridized carbons (Fsp3) is 0.417. The topological polar surface area (TPSA) is 75.6 Å². The van der Waals surface area contributed by atoms with Gasteiger partial charge in [-0.15, -0.1) is 0 Å². The Labute approximate surface area is 171 Å². The highest BCUT2D eigenvalue weighted by molar-refractivity contribution is 5.79. The Morgan fingerprint density at radius 2 is 1.59 bits per heavy atom. The Bertz CT molecular complexity index is 842. The van der Waals surface area contributed by atoms with Crippen molar-refractivity contribution in [1.29, 1.82) is 0 Å². The normalized spacial score (nSPS) is 17.0. The predicted molar refractivity (Wildman–Crippen MR) is 111 cm³/mol. The van der Waals surface area contributed by atoms with Crippen LogP contribution in [0.15, 0.2) is 48.5 Å². The quantitative estimate of drug-likeness (QED) is 0.664. The number of fused-ring (bicyclic) bond motifs is 3. The zero-order chi connectivity index (χ0) is 20.2. The molecule has 1 saturated carbocycles. The van der Waals surface area contributed by atoms with E-state index in [1.807, 2.05) is 24.3 Å². The minimum Gasteiger partial charge on any atom is -0.480 e. The lowest BCUT2D eigenvalue weighted by Crippen LogP contribution is -2.41. The molecule has 0 amide bonds. The average Bonchev–Trinajstić information content (AvgIpc) is 3.35. The molecule has 0 unspecified atom stereocenters. The van der Waals surface area contributed by atoms with Gasteiger partial charge in [-0.1, -0.05) is 74.2 Å². The Morgan fingerprint density at radius 3 is 2.17 bits per heavy atom. The van der Waals surface area contributed by atoms with Crippen LogP contribution in [0.3, 0.4) is 0 Å². The van der Waals surface area contributed by atoms with Crippen molar-refractivity contribution >= 4 is 11.9 Å². The Morgan fingerprint density at radius 1 is 1.00 bits per heavy atom. The van der Waals surface area contributed by atoms with Crippen molar-refractivity contribution in [1.82, 2.24) is 5.32 Å². The van der Waals surface area contributed by atoms with Crippen LogP contribution in [0.5, 0.6) is 0 Å². The highest BCUT2D eigenvalue weighted by Gasteiger charge is 2.29. The number of esters is 1. The van der Waals surface area contributed by atoms with Crippen LogP contribution in [0, 0.1) is 5.92 Å². The number of nitrogens with one attached hydrogen (secondary N) is 1. The van der Waals surface area contributed by atoms with E-state index in [2.05, 4.69) is 29.6 Å². The summed E-state index contributed by atoms with van der Waals surface area (Å²) in [5.41, 5.74) is 4.70. The molecular formula is C24H27NO4. The molecule has 29 heavy (non-hydrogen) atoms. The third-order valence-corrected chi connectivity index (χ3v) is 6.21. The van der Waals surface area contributed by atoms with Crippen molar-refractivity contribution in [2.45, 2.75) is 44.1 Å². The number of rotatable bonds is 8. The molecule has 2 aliphatic carbocycles. The van der Waals surface area contributed by atoms with Gasteiger partial charge in [-0.25, -0.2) is 0 Å². The second-order valence-electron chi connectivity index (χ2n) is 8.07. The molecule has 1 atom stereocenters. The van der Waals surface area contributed by atoms with Gasteiger partial charge in [0.1, 0.15) is 12.6 Å². The third kappa shape index (κ3) is 4.35. The summed E-state index contributed by atoms with van der Waals surface area (Å²) in [5, 5.41) is 12.3. The number of hydrogen-bond acceptors (Lipinski definition) is 4. The Kier molecular flexibility index (Phi) is 5.95. The van der Waals surface area contributed by atoms with Crippen molar-refractivity contribution in [3.8, 4) is 11.1 Å². The smallest absolute Gasteiger partial charge is 0.320 e. The number of hydrogen-bond donors (Lipinski definition) is 2. The first kappa shape index (κ1) is 19.6.